The molecule has 0 aliphatic heterocycles. The van der Waals surface area contributed by atoms with Gasteiger partial charge in [-0.2, -0.15) is 0 Å². The van der Waals surface area contributed by atoms with Crippen LogP contribution in [0, 0.1) is 0 Å². The SMILES string of the molecule is O=C(O)/C=C/c1ccc(Oc2c(C(=O)c3nccs3)sc3cc(O)ccc23)cc1. The molecular weight excluding hydrogens is 410 g/mol. The van der Waals surface area contributed by atoms with Gasteiger partial charge in [-0.1, -0.05) is 12.1 Å². The summed E-state index contributed by atoms with van der Waals surface area (Å²) in [4.78, 5) is 28.0. The van der Waals surface area contributed by atoms with Gasteiger partial charge >= 0.3 is 5.97 Å². The van der Waals surface area contributed by atoms with Gasteiger partial charge in [-0.15, -0.1) is 22.7 Å². The summed E-state index contributed by atoms with van der Waals surface area (Å²) in [6, 6.07) is 11.7. The van der Waals surface area contributed by atoms with Gasteiger partial charge in [0.25, 0.3) is 0 Å². The number of carboxylic acid groups (broad SMARTS) is 1. The molecule has 0 aliphatic rings. The molecule has 8 heteroatoms. The highest BCUT2D eigenvalue weighted by atomic mass is 32.1. The number of phenolic OH excluding ortho intramolecular Hbond substituents is 1. The van der Waals surface area contributed by atoms with Crippen molar-refractivity contribution < 1.29 is 24.5 Å². The number of aromatic nitrogens is 1. The van der Waals surface area contributed by atoms with E-state index in [4.69, 9.17) is 9.84 Å². The summed E-state index contributed by atoms with van der Waals surface area (Å²) < 4.78 is 6.77. The topological polar surface area (TPSA) is 96.7 Å². The molecule has 6 nitrogen and oxygen atoms in total. The summed E-state index contributed by atoms with van der Waals surface area (Å²) in [5.74, 6) is -0.258. The number of thiophene rings is 1. The van der Waals surface area contributed by atoms with Crippen LogP contribution in [0.3, 0.4) is 0 Å². The van der Waals surface area contributed by atoms with Crippen LogP contribution in [0.4, 0.5) is 0 Å². The Balaban J connectivity index is 1.73. The van der Waals surface area contributed by atoms with Crippen molar-refractivity contribution in [3.05, 3.63) is 75.6 Å². The lowest BCUT2D eigenvalue weighted by Crippen LogP contribution is -1.99. The van der Waals surface area contributed by atoms with Crippen LogP contribution in [-0.4, -0.2) is 26.9 Å². The van der Waals surface area contributed by atoms with Gasteiger partial charge in [-0.05, 0) is 42.0 Å². The minimum Gasteiger partial charge on any atom is -0.508 e. The number of hydrogen-bond acceptors (Lipinski definition) is 7. The first-order valence-corrected chi connectivity index (χ1v) is 10.1. The first kappa shape index (κ1) is 18.9. The van der Waals surface area contributed by atoms with Crippen molar-refractivity contribution in [2.45, 2.75) is 0 Å². The number of ether oxygens (including phenoxy) is 1. The number of hydrogen-bond donors (Lipinski definition) is 2. The zero-order chi connectivity index (χ0) is 20.4. The van der Waals surface area contributed by atoms with Gasteiger partial charge in [-0.3, -0.25) is 4.79 Å². The smallest absolute Gasteiger partial charge is 0.328 e. The number of aromatic hydroxyl groups is 1. The van der Waals surface area contributed by atoms with Gasteiger partial charge in [0.15, 0.2) is 10.8 Å². The van der Waals surface area contributed by atoms with Crippen LogP contribution in [0.1, 0.15) is 20.2 Å². The second kappa shape index (κ2) is 7.86. The number of nitrogens with zero attached hydrogens (tertiary/aromatic N) is 1. The average molecular weight is 423 g/mol. The van der Waals surface area contributed by atoms with Gasteiger partial charge in [0, 0.05) is 27.7 Å². The van der Waals surface area contributed by atoms with E-state index in [1.165, 1.54) is 28.7 Å². The van der Waals surface area contributed by atoms with Crippen molar-refractivity contribution >= 4 is 50.6 Å². The van der Waals surface area contributed by atoms with Gasteiger partial charge in [0.05, 0.1) is 0 Å². The number of thiazole rings is 1. The van der Waals surface area contributed by atoms with E-state index >= 15 is 0 Å². The van der Waals surface area contributed by atoms with E-state index < -0.39 is 5.97 Å². The van der Waals surface area contributed by atoms with Crippen LogP contribution in [0.25, 0.3) is 16.2 Å². The van der Waals surface area contributed by atoms with Gasteiger partial charge in [-0.25, -0.2) is 9.78 Å². The van der Waals surface area contributed by atoms with Gasteiger partial charge in [0.1, 0.15) is 16.4 Å². The molecule has 0 aliphatic carbocycles. The van der Waals surface area contributed by atoms with Gasteiger partial charge in [0.2, 0.25) is 5.78 Å². The number of carboxylic acids is 1. The molecule has 0 atom stereocenters. The maximum Gasteiger partial charge on any atom is 0.328 e. The van der Waals surface area contributed by atoms with E-state index in [0.29, 0.717) is 32.3 Å². The molecule has 29 heavy (non-hydrogen) atoms. The second-order valence-corrected chi connectivity index (χ2v) is 7.90. The van der Waals surface area contributed by atoms with Crippen LogP contribution in [-0.2, 0) is 4.79 Å². The van der Waals surface area contributed by atoms with Crippen molar-refractivity contribution in [3.63, 3.8) is 0 Å². The molecule has 0 saturated carbocycles. The second-order valence-electron chi connectivity index (χ2n) is 5.95. The van der Waals surface area contributed by atoms with Crippen molar-refractivity contribution in [1.29, 1.82) is 0 Å². The lowest BCUT2D eigenvalue weighted by atomic mass is 10.2. The molecular formula is C21H13NO5S2. The molecule has 0 saturated heterocycles. The van der Waals surface area contributed by atoms with E-state index in [-0.39, 0.29) is 11.5 Å². The fourth-order valence-corrected chi connectivity index (χ4v) is 4.43. The monoisotopic (exact) mass is 423 g/mol. The van der Waals surface area contributed by atoms with Crippen LogP contribution < -0.4 is 4.74 Å². The number of aliphatic carboxylic acids is 1. The average Bonchev–Trinajstić information content (AvgIpc) is 3.35. The molecule has 144 valence electrons. The number of phenols is 1. The van der Waals surface area contributed by atoms with E-state index in [2.05, 4.69) is 4.98 Å². The van der Waals surface area contributed by atoms with Crippen molar-refractivity contribution in [2.24, 2.45) is 0 Å². The number of rotatable bonds is 6. The zero-order valence-corrected chi connectivity index (χ0v) is 16.4. The molecule has 0 unspecified atom stereocenters. The van der Waals surface area contributed by atoms with Crippen LogP contribution in [0.2, 0.25) is 0 Å². The molecule has 2 heterocycles. The predicted octanol–water partition coefficient (Wildman–Crippen LogP) is 5.18. The molecule has 0 bridgehead atoms. The fourth-order valence-electron chi connectivity index (χ4n) is 2.68. The summed E-state index contributed by atoms with van der Waals surface area (Å²) in [7, 11) is 0. The summed E-state index contributed by atoms with van der Waals surface area (Å²) in [6.07, 6.45) is 4.10. The Morgan fingerprint density at radius 1 is 1.10 bits per heavy atom. The van der Waals surface area contributed by atoms with Crippen LogP contribution in [0.5, 0.6) is 17.2 Å². The summed E-state index contributed by atoms with van der Waals surface area (Å²) in [5, 5.41) is 21.3. The summed E-state index contributed by atoms with van der Waals surface area (Å²) in [5.41, 5.74) is 0.707. The zero-order valence-electron chi connectivity index (χ0n) is 14.7. The van der Waals surface area contributed by atoms with Crippen LogP contribution in [0.15, 0.2) is 60.1 Å². The quantitative estimate of drug-likeness (QED) is 0.327. The third-order valence-corrected chi connectivity index (χ3v) is 5.88. The third-order valence-electron chi connectivity index (χ3n) is 3.98. The third kappa shape index (κ3) is 4.03. The number of carbonyl (C=O) groups is 2. The highest BCUT2D eigenvalue weighted by molar-refractivity contribution is 7.22. The lowest BCUT2D eigenvalue weighted by molar-refractivity contribution is -0.131. The Morgan fingerprint density at radius 2 is 1.90 bits per heavy atom. The lowest BCUT2D eigenvalue weighted by Gasteiger charge is -2.07. The Kier molecular flexibility index (Phi) is 5.11. The van der Waals surface area contributed by atoms with E-state index in [9.17, 15) is 14.7 Å². The molecule has 0 amide bonds. The number of ketones is 1. The van der Waals surface area contributed by atoms with Gasteiger partial charge < -0.3 is 14.9 Å². The molecule has 2 N–H and O–H groups in total. The van der Waals surface area contributed by atoms with E-state index in [0.717, 1.165) is 10.8 Å². The molecule has 4 aromatic rings. The number of carbonyl (C=O) groups excluding carboxylic acids is 1. The molecule has 4 rings (SSSR count). The largest absolute Gasteiger partial charge is 0.508 e. The molecule has 0 radical (unpaired) electrons. The standard InChI is InChI=1S/C21H13NO5S2/c23-13-4-7-15-16(11-13)29-20(18(26)21-22-9-10-28-21)19(15)27-14-5-1-12(2-6-14)3-8-17(24)25/h1-11,23H,(H,24,25)/b8-3+. The molecule has 0 spiro atoms. The van der Waals surface area contributed by atoms with Crippen LogP contribution >= 0.6 is 22.7 Å². The first-order valence-electron chi connectivity index (χ1n) is 8.40. The predicted molar refractivity (Wildman–Crippen MR) is 112 cm³/mol. The van der Waals surface area contributed by atoms with Crippen molar-refractivity contribution in [3.8, 4) is 17.2 Å². The maximum absolute atomic E-state index is 12.9. The van der Waals surface area contributed by atoms with Crippen molar-refractivity contribution in [2.75, 3.05) is 0 Å². The molecule has 0 fully saturated rings. The Morgan fingerprint density at radius 3 is 2.59 bits per heavy atom. The van der Waals surface area contributed by atoms with Crippen molar-refractivity contribution in [1.82, 2.24) is 4.98 Å². The normalized spacial score (nSPS) is 11.2. The molecule has 2 aromatic heterocycles. The van der Waals surface area contributed by atoms with E-state index in [1.54, 1.807) is 54.0 Å². The van der Waals surface area contributed by atoms with E-state index in [1.807, 2.05) is 0 Å². The highest BCUT2D eigenvalue weighted by Gasteiger charge is 2.23. The Bertz CT molecular complexity index is 1220. The highest BCUT2D eigenvalue weighted by Crippen LogP contribution is 2.42. The first-order chi connectivity index (χ1) is 14.0. The Hall–Kier alpha value is -3.49. The summed E-state index contributed by atoms with van der Waals surface area (Å²) >= 11 is 2.48. The maximum atomic E-state index is 12.9. The Labute approximate surface area is 173 Å². The minimum atomic E-state index is -1.02. The minimum absolute atomic E-state index is 0.105. The summed E-state index contributed by atoms with van der Waals surface area (Å²) in [6.45, 7) is 0. The fraction of sp³-hybridized carbons (Fsp3) is 0. The number of benzene rings is 2. The molecule has 2 aromatic carbocycles. The number of fused-ring (bicyclic) bond motifs is 1.